The van der Waals surface area contributed by atoms with Gasteiger partial charge in [0.1, 0.15) is 11.9 Å². The zero-order valence-corrected chi connectivity index (χ0v) is 14.5. The summed E-state index contributed by atoms with van der Waals surface area (Å²) < 4.78 is 19.3. The molecule has 2 amide bonds. The summed E-state index contributed by atoms with van der Waals surface area (Å²) >= 11 is 0. The first-order valence-corrected chi connectivity index (χ1v) is 8.87. The average Bonchev–Trinajstić information content (AvgIpc) is 3.12. The van der Waals surface area contributed by atoms with Gasteiger partial charge >= 0.3 is 0 Å². The molecule has 2 aliphatic rings. The third kappa shape index (κ3) is 3.80. The molecule has 2 fully saturated rings. The number of likely N-dealkylation sites (tertiary alicyclic amines) is 1. The molecule has 2 aliphatic heterocycles. The second-order valence-electron chi connectivity index (χ2n) is 6.79. The number of nitrogens with zero attached hydrogens (tertiary/aromatic N) is 3. The lowest BCUT2D eigenvalue weighted by atomic mass is 9.91. The molecule has 1 aromatic carbocycles. The van der Waals surface area contributed by atoms with Gasteiger partial charge in [0, 0.05) is 31.0 Å². The summed E-state index contributed by atoms with van der Waals surface area (Å²) in [5, 5.41) is 2.70. The normalized spacial score (nSPS) is 24.3. The molecule has 8 heteroatoms. The number of benzene rings is 1. The van der Waals surface area contributed by atoms with E-state index < -0.39 is 11.9 Å². The Bertz CT molecular complexity index is 848. The molecule has 27 heavy (non-hydrogen) atoms. The van der Waals surface area contributed by atoms with Crippen LogP contribution in [-0.2, 0) is 9.53 Å². The number of rotatable bonds is 3. The summed E-state index contributed by atoms with van der Waals surface area (Å²) in [5.74, 6) is -0.312. The minimum Gasteiger partial charge on any atom is -0.363 e. The fraction of sp³-hybridized carbons (Fsp3) is 0.368. The number of halogens is 1. The SMILES string of the molecule is O=C(Nc1cnccn1)[C@@H]1C[C@@H]2CCN(C(=O)c3cccc(F)c3)C[C@H]2O1. The molecule has 1 aromatic heterocycles. The summed E-state index contributed by atoms with van der Waals surface area (Å²) in [6, 6.07) is 5.67. The van der Waals surface area contributed by atoms with Gasteiger partial charge in [-0.2, -0.15) is 0 Å². The zero-order chi connectivity index (χ0) is 18.8. The van der Waals surface area contributed by atoms with Crippen LogP contribution in [0.4, 0.5) is 10.2 Å². The smallest absolute Gasteiger partial charge is 0.254 e. The maximum atomic E-state index is 13.4. The molecule has 0 saturated carbocycles. The van der Waals surface area contributed by atoms with Crippen LogP contribution < -0.4 is 5.32 Å². The van der Waals surface area contributed by atoms with Crippen LogP contribution in [0.15, 0.2) is 42.9 Å². The van der Waals surface area contributed by atoms with Crippen LogP contribution in [0.25, 0.3) is 0 Å². The number of fused-ring (bicyclic) bond motifs is 1. The van der Waals surface area contributed by atoms with Gasteiger partial charge in [-0.1, -0.05) is 6.07 Å². The lowest BCUT2D eigenvalue weighted by Crippen LogP contribution is -2.45. The number of hydrogen-bond donors (Lipinski definition) is 1. The Morgan fingerprint density at radius 3 is 2.96 bits per heavy atom. The second-order valence-corrected chi connectivity index (χ2v) is 6.79. The van der Waals surface area contributed by atoms with Gasteiger partial charge in [0.25, 0.3) is 11.8 Å². The minimum absolute atomic E-state index is 0.200. The molecular weight excluding hydrogens is 351 g/mol. The van der Waals surface area contributed by atoms with Crippen LogP contribution in [0.5, 0.6) is 0 Å². The Morgan fingerprint density at radius 1 is 1.30 bits per heavy atom. The number of hydrogen-bond acceptors (Lipinski definition) is 5. The van der Waals surface area contributed by atoms with Crippen molar-refractivity contribution in [2.24, 2.45) is 5.92 Å². The van der Waals surface area contributed by atoms with Crippen LogP contribution in [0.2, 0.25) is 0 Å². The summed E-state index contributed by atoms with van der Waals surface area (Å²) in [5.41, 5.74) is 0.323. The summed E-state index contributed by atoms with van der Waals surface area (Å²) in [6.45, 7) is 0.966. The number of piperidine rings is 1. The number of amides is 2. The Labute approximate surface area is 155 Å². The topological polar surface area (TPSA) is 84.4 Å². The Balaban J connectivity index is 1.38. The molecule has 2 aromatic rings. The van der Waals surface area contributed by atoms with E-state index in [-0.39, 0.29) is 23.8 Å². The maximum absolute atomic E-state index is 13.4. The van der Waals surface area contributed by atoms with Crippen LogP contribution >= 0.6 is 0 Å². The average molecular weight is 370 g/mol. The highest BCUT2D eigenvalue weighted by Crippen LogP contribution is 2.34. The number of aromatic nitrogens is 2. The minimum atomic E-state index is -0.578. The van der Waals surface area contributed by atoms with Gasteiger partial charge in [0.15, 0.2) is 5.82 Å². The molecule has 2 saturated heterocycles. The molecule has 1 N–H and O–H groups in total. The molecule has 3 heterocycles. The Morgan fingerprint density at radius 2 is 2.19 bits per heavy atom. The number of anilines is 1. The van der Waals surface area contributed by atoms with Crippen molar-refractivity contribution in [3.8, 4) is 0 Å². The largest absolute Gasteiger partial charge is 0.363 e. The van der Waals surface area contributed by atoms with E-state index in [2.05, 4.69) is 15.3 Å². The van der Waals surface area contributed by atoms with Gasteiger partial charge in [-0.3, -0.25) is 14.6 Å². The van der Waals surface area contributed by atoms with E-state index in [1.807, 2.05) is 0 Å². The number of ether oxygens (including phenoxy) is 1. The molecule has 4 rings (SSSR count). The van der Waals surface area contributed by atoms with Gasteiger partial charge in [0.05, 0.1) is 12.3 Å². The Hall–Kier alpha value is -2.87. The Kier molecular flexibility index (Phi) is 4.81. The van der Waals surface area contributed by atoms with Crippen molar-refractivity contribution in [2.45, 2.75) is 25.0 Å². The lowest BCUT2D eigenvalue weighted by Gasteiger charge is -2.34. The van der Waals surface area contributed by atoms with Crippen molar-refractivity contribution in [3.05, 3.63) is 54.2 Å². The molecule has 7 nitrogen and oxygen atoms in total. The van der Waals surface area contributed by atoms with E-state index >= 15 is 0 Å². The molecule has 3 atom stereocenters. The van der Waals surface area contributed by atoms with Crippen molar-refractivity contribution in [1.82, 2.24) is 14.9 Å². The summed E-state index contributed by atoms with van der Waals surface area (Å²) in [7, 11) is 0. The van der Waals surface area contributed by atoms with E-state index in [1.54, 1.807) is 11.0 Å². The highest BCUT2D eigenvalue weighted by Gasteiger charge is 2.43. The lowest BCUT2D eigenvalue weighted by molar-refractivity contribution is -0.127. The molecule has 140 valence electrons. The zero-order valence-electron chi connectivity index (χ0n) is 14.5. The van der Waals surface area contributed by atoms with E-state index in [0.29, 0.717) is 30.9 Å². The fourth-order valence-corrected chi connectivity index (χ4v) is 3.66. The van der Waals surface area contributed by atoms with Gasteiger partial charge in [-0.25, -0.2) is 9.37 Å². The molecule has 0 aliphatic carbocycles. The predicted molar refractivity (Wildman–Crippen MR) is 94.4 cm³/mol. The van der Waals surface area contributed by atoms with Crippen molar-refractivity contribution in [1.29, 1.82) is 0 Å². The highest BCUT2D eigenvalue weighted by atomic mass is 19.1. The first-order valence-electron chi connectivity index (χ1n) is 8.87. The van der Waals surface area contributed by atoms with Crippen molar-refractivity contribution in [3.63, 3.8) is 0 Å². The van der Waals surface area contributed by atoms with Crippen molar-refractivity contribution >= 4 is 17.6 Å². The van der Waals surface area contributed by atoms with Crippen LogP contribution in [0.3, 0.4) is 0 Å². The van der Waals surface area contributed by atoms with E-state index in [9.17, 15) is 14.0 Å². The number of nitrogens with one attached hydrogen (secondary N) is 1. The van der Waals surface area contributed by atoms with E-state index in [4.69, 9.17) is 4.74 Å². The molecule has 0 spiro atoms. The van der Waals surface area contributed by atoms with Gasteiger partial charge < -0.3 is 15.0 Å². The van der Waals surface area contributed by atoms with Crippen molar-refractivity contribution in [2.75, 3.05) is 18.4 Å². The molecule has 0 bridgehead atoms. The summed E-state index contributed by atoms with van der Waals surface area (Å²) in [4.78, 5) is 34.6. The molecule has 0 unspecified atom stereocenters. The van der Waals surface area contributed by atoms with E-state index in [0.717, 1.165) is 6.42 Å². The predicted octanol–water partition coefficient (Wildman–Crippen LogP) is 1.87. The van der Waals surface area contributed by atoms with Crippen LogP contribution in [0.1, 0.15) is 23.2 Å². The molecule has 0 radical (unpaired) electrons. The van der Waals surface area contributed by atoms with E-state index in [1.165, 1.54) is 36.8 Å². The third-order valence-electron chi connectivity index (χ3n) is 5.02. The van der Waals surface area contributed by atoms with Crippen LogP contribution in [-0.4, -0.2) is 52.0 Å². The quantitative estimate of drug-likeness (QED) is 0.892. The first kappa shape index (κ1) is 17.5. The maximum Gasteiger partial charge on any atom is 0.254 e. The monoisotopic (exact) mass is 370 g/mol. The van der Waals surface area contributed by atoms with Gasteiger partial charge in [0.2, 0.25) is 0 Å². The van der Waals surface area contributed by atoms with Gasteiger partial charge in [-0.15, -0.1) is 0 Å². The third-order valence-corrected chi connectivity index (χ3v) is 5.02. The second kappa shape index (κ2) is 7.40. The molecular formula is C19H19FN4O3. The van der Waals surface area contributed by atoms with Crippen molar-refractivity contribution < 1.29 is 18.7 Å². The number of carbonyl (C=O) groups excluding carboxylic acids is 2. The van der Waals surface area contributed by atoms with Gasteiger partial charge in [-0.05, 0) is 37.0 Å². The first-order chi connectivity index (χ1) is 13.1. The van der Waals surface area contributed by atoms with Crippen LogP contribution in [0, 0.1) is 11.7 Å². The fourth-order valence-electron chi connectivity index (χ4n) is 3.66. The standard InChI is InChI=1S/C19H19FN4O3/c20-14-3-1-2-13(8-14)19(26)24-7-4-12-9-15(27-16(12)11-24)18(25)23-17-10-21-5-6-22-17/h1-3,5-6,8,10,12,15-16H,4,7,9,11H2,(H,22,23,25)/t12-,15-,16+/m0/s1. The summed E-state index contributed by atoms with van der Waals surface area (Å²) in [6.07, 6.45) is 5.08. The number of carbonyl (C=O) groups is 2. The highest BCUT2D eigenvalue weighted by molar-refractivity contribution is 5.94.